The third-order valence-electron chi connectivity index (χ3n) is 6.96. The van der Waals surface area contributed by atoms with Gasteiger partial charge in [-0.1, -0.05) is 38.9 Å². The van der Waals surface area contributed by atoms with E-state index in [-0.39, 0.29) is 29.6 Å². The highest BCUT2D eigenvalue weighted by molar-refractivity contribution is 5.75. The van der Waals surface area contributed by atoms with Gasteiger partial charge in [0.1, 0.15) is 11.9 Å². The van der Waals surface area contributed by atoms with Gasteiger partial charge in [0.05, 0.1) is 25.2 Å². The number of methoxy groups -OCH3 is 2. The summed E-state index contributed by atoms with van der Waals surface area (Å²) in [5.74, 6) is 0.495. The molecule has 1 aromatic rings. The quantitative estimate of drug-likeness (QED) is 0.123. The molecule has 1 saturated heterocycles. The van der Waals surface area contributed by atoms with E-state index < -0.39 is 18.2 Å². The number of nitrogens with zero attached hydrogens (tertiary/aromatic N) is 3. The lowest BCUT2D eigenvalue weighted by Crippen LogP contribution is -2.31. The molecule has 2 rings (SSSR count). The summed E-state index contributed by atoms with van der Waals surface area (Å²) < 4.78 is 16.3. The first-order valence-corrected chi connectivity index (χ1v) is 12.3. The zero-order valence-electron chi connectivity index (χ0n) is 21.4. The zero-order valence-corrected chi connectivity index (χ0v) is 21.4. The number of unbranched alkanes of at least 4 members (excludes halogenated alkanes) is 1. The largest absolute Gasteiger partial charge is 0.496 e. The SMILES string of the molecule is COCCCCc1cc(C(O)[C@@H](C[C@H](N=[N+]=[N-])[C@@H]2C[C@@H](C(C)C)C(=O)O2)C(C)C)ccc1OC. The molecule has 0 amide bonds. The highest BCUT2D eigenvalue weighted by Gasteiger charge is 2.41. The van der Waals surface area contributed by atoms with Gasteiger partial charge in [0.15, 0.2) is 0 Å². The molecule has 1 fully saturated rings. The first-order chi connectivity index (χ1) is 16.2. The van der Waals surface area contributed by atoms with E-state index in [4.69, 9.17) is 14.2 Å². The van der Waals surface area contributed by atoms with Crippen LogP contribution in [0.25, 0.3) is 10.4 Å². The number of carbonyl (C=O) groups excluding carboxylic acids is 1. The van der Waals surface area contributed by atoms with E-state index in [0.717, 1.165) is 36.1 Å². The second-order valence-electron chi connectivity index (χ2n) is 9.94. The van der Waals surface area contributed by atoms with Crippen molar-refractivity contribution in [3.8, 4) is 5.75 Å². The summed E-state index contributed by atoms with van der Waals surface area (Å²) in [6.45, 7) is 8.80. The van der Waals surface area contributed by atoms with Gasteiger partial charge in [0, 0.05) is 18.6 Å². The van der Waals surface area contributed by atoms with Crippen molar-refractivity contribution in [2.45, 2.75) is 78.0 Å². The van der Waals surface area contributed by atoms with Crippen molar-refractivity contribution in [3.63, 3.8) is 0 Å². The monoisotopic (exact) mass is 475 g/mol. The Bertz CT molecular complexity index is 838. The van der Waals surface area contributed by atoms with Gasteiger partial charge in [-0.15, -0.1) is 0 Å². The van der Waals surface area contributed by atoms with Crippen LogP contribution in [-0.2, 0) is 20.7 Å². The van der Waals surface area contributed by atoms with Crippen molar-refractivity contribution in [3.05, 3.63) is 39.8 Å². The molecular formula is C26H41N3O5. The molecule has 0 spiro atoms. The Balaban J connectivity index is 2.22. The Morgan fingerprint density at radius 3 is 2.53 bits per heavy atom. The van der Waals surface area contributed by atoms with E-state index in [9.17, 15) is 15.4 Å². The zero-order chi connectivity index (χ0) is 25.3. The summed E-state index contributed by atoms with van der Waals surface area (Å²) >= 11 is 0. The predicted octanol–water partition coefficient (Wildman–Crippen LogP) is 5.63. The number of aryl methyl sites for hydroxylation is 1. The van der Waals surface area contributed by atoms with Gasteiger partial charge in [-0.25, -0.2) is 0 Å². The van der Waals surface area contributed by atoms with Crippen LogP contribution in [0.2, 0.25) is 0 Å². The predicted molar refractivity (Wildman–Crippen MR) is 131 cm³/mol. The number of esters is 1. The molecule has 1 heterocycles. The third kappa shape index (κ3) is 7.36. The Morgan fingerprint density at radius 1 is 1.24 bits per heavy atom. The number of carbonyl (C=O) groups is 1. The number of ether oxygens (including phenoxy) is 3. The van der Waals surface area contributed by atoms with E-state index >= 15 is 0 Å². The maximum atomic E-state index is 12.3. The average molecular weight is 476 g/mol. The topological polar surface area (TPSA) is 114 Å². The van der Waals surface area contributed by atoms with Crippen LogP contribution in [-0.4, -0.2) is 44.0 Å². The Hall–Kier alpha value is -2.28. The van der Waals surface area contributed by atoms with E-state index in [2.05, 4.69) is 10.0 Å². The minimum atomic E-state index is -0.752. The van der Waals surface area contributed by atoms with Crippen LogP contribution in [0, 0.1) is 23.7 Å². The van der Waals surface area contributed by atoms with E-state index in [1.54, 1.807) is 14.2 Å². The normalized spacial score (nSPS) is 20.7. The smallest absolute Gasteiger partial charge is 0.309 e. The molecule has 0 aromatic heterocycles. The summed E-state index contributed by atoms with van der Waals surface area (Å²) in [6.07, 6.45) is 2.49. The minimum Gasteiger partial charge on any atom is -0.496 e. The fourth-order valence-corrected chi connectivity index (χ4v) is 4.78. The van der Waals surface area contributed by atoms with Gasteiger partial charge in [-0.3, -0.25) is 4.79 Å². The molecule has 5 atom stereocenters. The van der Waals surface area contributed by atoms with Crippen LogP contribution in [0.1, 0.15) is 70.6 Å². The third-order valence-corrected chi connectivity index (χ3v) is 6.96. The molecule has 0 radical (unpaired) electrons. The molecule has 0 saturated carbocycles. The van der Waals surface area contributed by atoms with Gasteiger partial charge in [-0.2, -0.15) is 0 Å². The number of aliphatic hydroxyl groups excluding tert-OH is 1. The van der Waals surface area contributed by atoms with Gasteiger partial charge >= 0.3 is 5.97 Å². The molecule has 1 aromatic carbocycles. The molecule has 34 heavy (non-hydrogen) atoms. The molecule has 1 aliphatic rings. The average Bonchev–Trinajstić information content (AvgIpc) is 3.20. The summed E-state index contributed by atoms with van der Waals surface area (Å²) in [7, 11) is 3.35. The minimum absolute atomic E-state index is 0.122. The van der Waals surface area contributed by atoms with Crippen LogP contribution in [0.15, 0.2) is 23.3 Å². The van der Waals surface area contributed by atoms with E-state index in [1.165, 1.54) is 0 Å². The summed E-state index contributed by atoms with van der Waals surface area (Å²) in [5, 5.41) is 15.4. The Kier molecular flexibility index (Phi) is 11.2. The van der Waals surface area contributed by atoms with Crippen molar-refractivity contribution in [2.24, 2.45) is 28.8 Å². The maximum absolute atomic E-state index is 12.3. The number of cyclic esters (lactones) is 1. The van der Waals surface area contributed by atoms with E-state index in [0.29, 0.717) is 19.4 Å². The van der Waals surface area contributed by atoms with Crippen LogP contribution >= 0.6 is 0 Å². The van der Waals surface area contributed by atoms with Crippen molar-refractivity contribution in [1.29, 1.82) is 0 Å². The standard InChI is InChI=1S/C26H41N3O5/c1-16(2)20(14-22(28-29-27)24-15-21(17(3)4)26(31)34-24)25(30)19-10-11-23(33-6)18(13-19)9-7-8-12-32-5/h10-11,13,16-17,20-22,24-25,30H,7-9,12,14-15H2,1-6H3/t20-,21-,22-,24-,25?/m0/s1. The second-order valence-corrected chi connectivity index (χ2v) is 9.94. The van der Waals surface area contributed by atoms with Crippen molar-refractivity contribution in [1.82, 2.24) is 0 Å². The summed E-state index contributed by atoms with van der Waals surface area (Å²) in [6, 6.07) is 5.29. The Labute approximate surface area is 203 Å². The molecule has 8 nitrogen and oxygen atoms in total. The second kappa shape index (κ2) is 13.6. The fourth-order valence-electron chi connectivity index (χ4n) is 4.78. The van der Waals surface area contributed by atoms with Crippen molar-refractivity contribution >= 4 is 5.97 Å². The van der Waals surface area contributed by atoms with Crippen LogP contribution in [0.5, 0.6) is 5.75 Å². The summed E-state index contributed by atoms with van der Waals surface area (Å²) in [4.78, 5) is 15.3. The number of rotatable bonds is 14. The van der Waals surface area contributed by atoms with Gasteiger partial charge < -0.3 is 19.3 Å². The van der Waals surface area contributed by atoms with Crippen LogP contribution < -0.4 is 4.74 Å². The number of benzene rings is 1. The van der Waals surface area contributed by atoms with E-state index in [1.807, 2.05) is 45.9 Å². The molecule has 0 bridgehead atoms. The Morgan fingerprint density at radius 2 is 1.97 bits per heavy atom. The molecule has 190 valence electrons. The first kappa shape index (κ1) is 28.0. The molecule has 1 N–H and O–H groups in total. The molecule has 0 aliphatic carbocycles. The lowest BCUT2D eigenvalue weighted by Gasteiger charge is -2.31. The highest BCUT2D eigenvalue weighted by Crippen LogP contribution is 2.38. The number of azide groups is 1. The van der Waals surface area contributed by atoms with Gasteiger partial charge in [0.2, 0.25) is 0 Å². The maximum Gasteiger partial charge on any atom is 0.309 e. The number of hydrogen-bond donors (Lipinski definition) is 1. The lowest BCUT2D eigenvalue weighted by atomic mass is 9.79. The molecule has 8 heteroatoms. The fraction of sp³-hybridized carbons (Fsp3) is 0.731. The van der Waals surface area contributed by atoms with Crippen molar-refractivity contribution in [2.75, 3.05) is 20.8 Å². The number of hydrogen-bond acceptors (Lipinski definition) is 6. The van der Waals surface area contributed by atoms with Crippen LogP contribution in [0.3, 0.4) is 0 Å². The van der Waals surface area contributed by atoms with Crippen LogP contribution in [0.4, 0.5) is 0 Å². The number of aliphatic hydroxyl groups is 1. The van der Waals surface area contributed by atoms with Crippen molar-refractivity contribution < 1.29 is 24.1 Å². The first-order valence-electron chi connectivity index (χ1n) is 12.3. The molecule has 1 unspecified atom stereocenters. The summed E-state index contributed by atoms with van der Waals surface area (Å²) in [5.41, 5.74) is 11.1. The van der Waals surface area contributed by atoms with Gasteiger partial charge in [-0.05, 0) is 78.6 Å². The van der Waals surface area contributed by atoms with Gasteiger partial charge in [0.25, 0.3) is 0 Å². The highest BCUT2D eigenvalue weighted by atomic mass is 16.6. The molecule has 1 aliphatic heterocycles. The molecular weight excluding hydrogens is 434 g/mol. The lowest BCUT2D eigenvalue weighted by molar-refractivity contribution is -0.146.